The largest absolute Gasteiger partial charge is 0.494 e. The van der Waals surface area contributed by atoms with Gasteiger partial charge in [0.2, 0.25) is 0 Å². The van der Waals surface area contributed by atoms with Crippen LogP contribution in [0.4, 0.5) is 16.2 Å². The minimum Gasteiger partial charge on any atom is -0.494 e. The highest BCUT2D eigenvalue weighted by Gasteiger charge is 2.41. The third-order valence-electron chi connectivity index (χ3n) is 3.39. The van der Waals surface area contributed by atoms with Gasteiger partial charge in [0.15, 0.2) is 0 Å². The lowest BCUT2D eigenvalue weighted by Gasteiger charge is -2.19. The standard InChI is InChI=1S/C15H21N3O4/c1-15(2)9-22-18(13(15)19)10-6-7-11(12(8-10)21-5)16-14(20)17(3)4/h6-8H,9H2,1-5H3,(H,16,20). The van der Waals surface area contributed by atoms with Crippen LogP contribution in [0.1, 0.15) is 13.8 Å². The number of carbonyl (C=O) groups excluding carboxylic acids is 2. The van der Waals surface area contributed by atoms with Crippen molar-refractivity contribution in [2.75, 3.05) is 38.2 Å². The second-order valence-corrected chi connectivity index (χ2v) is 5.97. The van der Waals surface area contributed by atoms with Gasteiger partial charge < -0.3 is 15.0 Å². The Morgan fingerprint density at radius 3 is 2.59 bits per heavy atom. The van der Waals surface area contributed by atoms with E-state index in [2.05, 4.69) is 5.32 Å². The number of hydrogen-bond acceptors (Lipinski definition) is 4. The number of anilines is 2. The molecule has 0 aliphatic carbocycles. The maximum atomic E-state index is 12.3. The van der Waals surface area contributed by atoms with Crippen LogP contribution in [-0.4, -0.2) is 44.7 Å². The third-order valence-corrected chi connectivity index (χ3v) is 3.39. The van der Waals surface area contributed by atoms with Gasteiger partial charge in [0.1, 0.15) is 5.75 Å². The van der Waals surface area contributed by atoms with Gasteiger partial charge in [0.05, 0.1) is 30.5 Å². The molecule has 1 N–H and O–H groups in total. The molecule has 1 aliphatic rings. The molecule has 0 unspecified atom stereocenters. The Morgan fingerprint density at radius 1 is 1.41 bits per heavy atom. The maximum Gasteiger partial charge on any atom is 0.321 e. The molecule has 1 aliphatic heterocycles. The molecule has 3 amide bonds. The first-order valence-corrected chi connectivity index (χ1v) is 6.90. The van der Waals surface area contributed by atoms with Crippen molar-refractivity contribution in [3.05, 3.63) is 18.2 Å². The van der Waals surface area contributed by atoms with Gasteiger partial charge in [0.25, 0.3) is 5.91 Å². The van der Waals surface area contributed by atoms with Gasteiger partial charge >= 0.3 is 6.03 Å². The van der Waals surface area contributed by atoms with Crippen LogP contribution in [0.15, 0.2) is 18.2 Å². The highest BCUT2D eigenvalue weighted by molar-refractivity contribution is 5.98. The van der Waals surface area contributed by atoms with Crippen molar-refractivity contribution in [1.82, 2.24) is 4.90 Å². The van der Waals surface area contributed by atoms with Crippen LogP contribution in [0.5, 0.6) is 5.75 Å². The van der Waals surface area contributed by atoms with Crippen LogP contribution < -0.4 is 15.1 Å². The summed E-state index contributed by atoms with van der Waals surface area (Å²) in [4.78, 5) is 30.9. The number of hydrogen-bond donors (Lipinski definition) is 1. The normalized spacial score (nSPS) is 16.6. The van der Waals surface area contributed by atoms with Crippen LogP contribution in [0, 0.1) is 5.41 Å². The first-order chi connectivity index (χ1) is 10.3. The van der Waals surface area contributed by atoms with E-state index in [1.165, 1.54) is 17.1 Å². The Kier molecular flexibility index (Phi) is 4.27. The number of ether oxygens (including phenoxy) is 1. The summed E-state index contributed by atoms with van der Waals surface area (Å²) < 4.78 is 5.29. The summed E-state index contributed by atoms with van der Waals surface area (Å²) in [5.41, 5.74) is 0.538. The molecule has 7 heteroatoms. The van der Waals surface area contributed by atoms with Crippen LogP contribution >= 0.6 is 0 Å². The Hall–Kier alpha value is -2.28. The molecule has 1 saturated heterocycles. The van der Waals surface area contributed by atoms with E-state index in [9.17, 15) is 9.59 Å². The lowest BCUT2D eigenvalue weighted by atomic mass is 9.95. The van der Waals surface area contributed by atoms with Crippen LogP contribution in [0.2, 0.25) is 0 Å². The molecule has 1 fully saturated rings. The molecular formula is C15H21N3O4. The summed E-state index contributed by atoms with van der Waals surface area (Å²) in [5, 5.41) is 3.99. The summed E-state index contributed by atoms with van der Waals surface area (Å²) in [5.74, 6) is 0.341. The van der Waals surface area contributed by atoms with E-state index >= 15 is 0 Å². The molecule has 1 aromatic rings. The molecule has 2 rings (SSSR count). The van der Waals surface area contributed by atoms with Crippen molar-refractivity contribution in [3.8, 4) is 5.75 Å². The molecular weight excluding hydrogens is 286 g/mol. The number of carbonyl (C=O) groups is 2. The summed E-state index contributed by atoms with van der Waals surface area (Å²) in [6.07, 6.45) is 0. The molecule has 0 radical (unpaired) electrons. The number of nitrogens with zero attached hydrogens (tertiary/aromatic N) is 2. The van der Waals surface area contributed by atoms with Gasteiger partial charge in [-0.1, -0.05) is 0 Å². The lowest BCUT2D eigenvalue weighted by molar-refractivity contribution is -0.124. The molecule has 7 nitrogen and oxygen atoms in total. The average molecular weight is 307 g/mol. The van der Waals surface area contributed by atoms with Crippen LogP contribution in [0.25, 0.3) is 0 Å². The molecule has 1 heterocycles. The van der Waals surface area contributed by atoms with Crippen molar-refractivity contribution in [2.45, 2.75) is 13.8 Å². The predicted octanol–water partition coefficient (Wildman–Crippen LogP) is 2.09. The number of hydroxylamine groups is 1. The van der Waals surface area contributed by atoms with E-state index in [0.717, 1.165) is 0 Å². The van der Waals surface area contributed by atoms with Gasteiger partial charge in [-0.3, -0.25) is 9.63 Å². The molecule has 0 saturated carbocycles. The average Bonchev–Trinajstić information content (AvgIpc) is 2.74. The van der Waals surface area contributed by atoms with Gasteiger partial charge in [-0.15, -0.1) is 0 Å². The summed E-state index contributed by atoms with van der Waals surface area (Å²) >= 11 is 0. The number of urea groups is 1. The predicted molar refractivity (Wildman–Crippen MR) is 82.9 cm³/mol. The Labute approximate surface area is 129 Å². The molecule has 0 atom stereocenters. The first-order valence-electron chi connectivity index (χ1n) is 6.90. The second kappa shape index (κ2) is 5.84. The lowest BCUT2D eigenvalue weighted by Crippen LogP contribution is -2.30. The van der Waals surface area contributed by atoms with E-state index < -0.39 is 5.41 Å². The van der Waals surface area contributed by atoms with Crippen molar-refractivity contribution in [1.29, 1.82) is 0 Å². The fourth-order valence-electron chi connectivity index (χ4n) is 1.95. The zero-order valence-electron chi connectivity index (χ0n) is 13.5. The Balaban J connectivity index is 2.26. The monoisotopic (exact) mass is 307 g/mol. The molecule has 120 valence electrons. The smallest absolute Gasteiger partial charge is 0.321 e. The van der Waals surface area contributed by atoms with E-state index in [-0.39, 0.29) is 11.9 Å². The molecule has 22 heavy (non-hydrogen) atoms. The van der Waals surface area contributed by atoms with Gasteiger partial charge in [-0.05, 0) is 26.0 Å². The molecule has 0 spiro atoms. The zero-order valence-corrected chi connectivity index (χ0v) is 13.5. The van der Waals surface area contributed by atoms with Crippen molar-refractivity contribution in [3.63, 3.8) is 0 Å². The fraction of sp³-hybridized carbons (Fsp3) is 0.467. The minimum atomic E-state index is -0.551. The number of benzene rings is 1. The highest BCUT2D eigenvalue weighted by Crippen LogP contribution is 2.35. The van der Waals surface area contributed by atoms with Crippen molar-refractivity contribution in [2.24, 2.45) is 5.41 Å². The van der Waals surface area contributed by atoms with E-state index in [1.807, 2.05) is 13.8 Å². The van der Waals surface area contributed by atoms with Crippen molar-refractivity contribution < 1.29 is 19.2 Å². The molecule has 0 aromatic heterocycles. The maximum absolute atomic E-state index is 12.3. The fourth-order valence-corrected chi connectivity index (χ4v) is 1.95. The summed E-state index contributed by atoms with van der Waals surface area (Å²) in [6, 6.07) is 4.77. The topological polar surface area (TPSA) is 71.1 Å². The first kappa shape index (κ1) is 16.1. The molecule has 1 aromatic carbocycles. The van der Waals surface area contributed by atoms with E-state index in [1.54, 1.807) is 32.3 Å². The van der Waals surface area contributed by atoms with Gasteiger partial charge in [0, 0.05) is 20.2 Å². The number of methoxy groups -OCH3 is 1. The number of amides is 3. The van der Waals surface area contributed by atoms with Gasteiger partial charge in [-0.25, -0.2) is 4.79 Å². The quantitative estimate of drug-likeness (QED) is 0.928. The second-order valence-electron chi connectivity index (χ2n) is 5.97. The summed E-state index contributed by atoms with van der Waals surface area (Å²) in [6.45, 7) is 3.99. The highest BCUT2D eigenvalue weighted by atomic mass is 16.7. The van der Waals surface area contributed by atoms with Crippen molar-refractivity contribution >= 4 is 23.3 Å². The number of nitrogens with one attached hydrogen (secondary N) is 1. The van der Waals surface area contributed by atoms with Crippen LogP contribution in [0.3, 0.4) is 0 Å². The van der Waals surface area contributed by atoms with Gasteiger partial charge in [-0.2, -0.15) is 5.06 Å². The van der Waals surface area contributed by atoms with E-state index in [4.69, 9.17) is 9.57 Å². The van der Waals surface area contributed by atoms with E-state index in [0.29, 0.717) is 23.7 Å². The Bertz CT molecular complexity index is 598. The SMILES string of the molecule is COc1cc(N2OCC(C)(C)C2=O)ccc1NC(=O)N(C)C. The summed E-state index contributed by atoms with van der Waals surface area (Å²) in [7, 11) is 4.80. The third kappa shape index (κ3) is 2.99. The zero-order chi connectivity index (χ0) is 16.5. The van der Waals surface area contributed by atoms with Crippen LogP contribution in [-0.2, 0) is 9.63 Å². The minimum absolute atomic E-state index is 0.111. The molecule has 0 bridgehead atoms. The Morgan fingerprint density at radius 2 is 2.09 bits per heavy atom. The number of rotatable bonds is 3.